The Labute approximate surface area is 249 Å². The van der Waals surface area contributed by atoms with Gasteiger partial charge in [0.2, 0.25) is 0 Å². The first-order chi connectivity index (χ1) is 19.4. The number of aliphatic carboxylic acids is 1. The van der Waals surface area contributed by atoms with Crippen molar-refractivity contribution in [2.45, 2.75) is 143 Å². The van der Waals surface area contributed by atoms with Gasteiger partial charge in [-0.2, -0.15) is 0 Å². The van der Waals surface area contributed by atoms with Crippen molar-refractivity contribution in [3.8, 4) is 0 Å². The number of fused-ring (bicyclic) bond motifs is 5. The lowest BCUT2D eigenvalue weighted by molar-refractivity contribution is -0.137. The molecular weight excluding hydrogens is 514 g/mol. The molecule has 6 heteroatoms. The number of amides is 1. The molecule has 3 saturated carbocycles. The summed E-state index contributed by atoms with van der Waals surface area (Å²) in [6.45, 7) is 12.9. The van der Waals surface area contributed by atoms with Crippen LogP contribution in [-0.4, -0.2) is 41.0 Å². The Balaban J connectivity index is 1.27. The van der Waals surface area contributed by atoms with Gasteiger partial charge in [-0.15, -0.1) is 0 Å². The number of hydrogen-bond acceptors (Lipinski definition) is 4. The Hall–Kier alpha value is -1.56. The maximum absolute atomic E-state index is 12.5. The minimum absolute atomic E-state index is 0.0348. The Kier molecular flexibility index (Phi) is 10.9. The number of rotatable bonds is 13. The van der Waals surface area contributed by atoms with Gasteiger partial charge in [0, 0.05) is 19.4 Å². The highest BCUT2D eigenvalue weighted by Gasteiger charge is 2.59. The van der Waals surface area contributed by atoms with Crippen molar-refractivity contribution in [2.24, 2.45) is 46.3 Å². The second-order valence-corrected chi connectivity index (χ2v) is 15.2. The van der Waals surface area contributed by atoms with Crippen molar-refractivity contribution in [3.05, 3.63) is 11.6 Å². The van der Waals surface area contributed by atoms with E-state index in [4.69, 9.17) is 9.84 Å². The van der Waals surface area contributed by atoms with Crippen LogP contribution in [0.4, 0.5) is 4.79 Å². The highest BCUT2D eigenvalue weighted by molar-refractivity contribution is 5.67. The van der Waals surface area contributed by atoms with E-state index in [9.17, 15) is 14.7 Å². The quantitative estimate of drug-likeness (QED) is 0.153. The van der Waals surface area contributed by atoms with Gasteiger partial charge in [-0.1, -0.05) is 65.5 Å². The first-order valence-corrected chi connectivity index (χ1v) is 17.0. The molecule has 0 bridgehead atoms. The third-order valence-corrected chi connectivity index (χ3v) is 12.2. The lowest BCUT2D eigenvalue weighted by atomic mass is 9.47. The van der Waals surface area contributed by atoms with Gasteiger partial charge in [-0.25, -0.2) is 4.79 Å². The Morgan fingerprint density at radius 3 is 2.51 bits per heavy atom. The second-order valence-electron chi connectivity index (χ2n) is 15.2. The third-order valence-electron chi connectivity index (χ3n) is 12.2. The molecule has 0 saturated heterocycles. The molecule has 1 amide bonds. The molecule has 0 aromatic carbocycles. The standard InChI is InChI=1S/C35H59NO5/c1-23(2)8-6-9-24(3)29-14-15-30-28-13-11-25-22-27(17-19-34(25,4)31(28)18-20-35(29,30)5)41-33(40)36-21-7-10-26(37)12-16-32(38)39/h11,23-24,26-31,37H,6-10,12-22H2,1-5H3,(H,36,40)(H,38,39)/t24-,26?,27+,28+,29-,30+,31+,34+,35-/m1/s1. The van der Waals surface area contributed by atoms with Crippen LogP contribution in [0.5, 0.6) is 0 Å². The average Bonchev–Trinajstić information content (AvgIpc) is 3.27. The van der Waals surface area contributed by atoms with Crippen LogP contribution in [-0.2, 0) is 9.53 Å². The van der Waals surface area contributed by atoms with Crippen molar-refractivity contribution in [1.29, 1.82) is 0 Å². The van der Waals surface area contributed by atoms with E-state index in [1.165, 1.54) is 56.9 Å². The van der Waals surface area contributed by atoms with Crippen LogP contribution in [0, 0.1) is 46.3 Å². The number of carboxylic acid groups (broad SMARTS) is 1. The van der Waals surface area contributed by atoms with Gasteiger partial charge < -0.3 is 20.3 Å². The van der Waals surface area contributed by atoms with Crippen LogP contribution < -0.4 is 5.32 Å². The highest BCUT2D eigenvalue weighted by Crippen LogP contribution is 2.67. The Morgan fingerprint density at radius 1 is 1.00 bits per heavy atom. The summed E-state index contributed by atoms with van der Waals surface area (Å²) in [7, 11) is 0. The molecule has 3 N–H and O–H groups in total. The van der Waals surface area contributed by atoms with E-state index in [0.717, 1.165) is 54.8 Å². The van der Waals surface area contributed by atoms with Crippen molar-refractivity contribution in [1.82, 2.24) is 5.32 Å². The molecule has 0 aromatic heterocycles. The number of nitrogens with one attached hydrogen (secondary N) is 1. The number of carboxylic acids is 1. The molecule has 0 radical (unpaired) electrons. The number of alkyl carbamates (subject to hydrolysis) is 1. The number of aliphatic hydroxyl groups excluding tert-OH is 1. The minimum Gasteiger partial charge on any atom is -0.481 e. The predicted molar refractivity (Wildman–Crippen MR) is 163 cm³/mol. The topological polar surface area (TPSA) is 95.9 Å². The van der Waals surface area contributed by atoms with Gasteiger partial charge in [-0.3, -0.25) is 4.79 Å². The van der Waals surface area contributed by atoms with Gasteiger partial charge in [-0.05, 0) is 111 Å². The van der Waals surface area contributed by atoms with Crippen molar-refractivity contribution in [3.63, 3.8) is 0 Å². The molecule has 41 heavy (non-hydrogen) atoms. The molecule has 0 aliphatic heterocycles. The summed E-state index contributed by atoms with van der Waals surface area (Å²) < 4.78 is 5.85. The molecule has 234 valence electrons. The normalized spacial score (nSPS) is 36.0. The maximum Gasteiger partial charge on any atom is 0.407 e. The zero-order valence-electron chi connectivity index (χ0n) is 26.6. The lowest BCUT2D eigenvalue weighted by Gasteiger charge is -2.58. The fraction of sp³-hybridized carbons (Fsp3) is 0.886. The molecule has 0 spiro atoms. The van der Waals surface area contributed by atoms with E-state index in [-0.39, 0.29) is 30.5 Å². The maximum atomic E-state index is 12.5. The van der Waals surface area contributed by atoms with Gasteiger partial charge in [0.05, 0.1) is 6.10 Å². The number of aliphatic hydroxyl groups is 1. The van der Waals surface area contributed by atoms with Crippen LogP contribution in [0.1, 0.15) is 131 Å². The number of ether oxygens (including phenoxy) is 1. The van der Waals surface area contributed by atoms with E-state index >= 15 is 0 Å². The molecule has 1 unspecified atom stereocenters. The zero-order chi connectivity index (χ0) is 29.8. The molecular formula is C35H59NO5. The number of carbonyl (C=O) groups is 2. The molecule has 4 aliphatic carbocycles. The Bertz CT molecular complexity index is 932. The van der Waals surface area contributed by atoms with E-state index in [0.29, 0.717) is 24.8 Å². The molecule has 0 aromatic rings. The van der Waals surface area contributed by atoms with Crippen LogP contribution in [0.3, 0.4) is 0 Å². The van der Waals surface area contributed by atoms with Crippen molar-refractivity contribution < 1.29 is 24.5 Å². The molecule has 4 rings (SSSR count). The van der Waals surface area contributed by atoms with Crippen LogP contribution in [0.25, 0.3) is 0 Å². The summed E-state index contributed by atoms with van der Waals surface area (Å²) in [5.74, 6) is 4.06. The fourth-order valence-corrected chi connectivity index (χ4v) is 9.91. The van der Waals surface area contributed by atoms with Gasteiger partial charge in [0.25, 0.3) is 0 Å². The van der Waals surface area contributed by atoms with E-state index < -0.39 is 12.1 Å². The van der Waals surface area contributed by atoms with E-state index in [1.54, 1.807) is 0 Å². The molecule has 3 fully saturated rings. The monoisotopic (exact) mass is 573 g/mol. The van der Waals surface area contributed by atoms with E-state index in [1.807, 2.05) is 0 Å². The lowest BCUT2D eigenvalue weighted by Crippen LogP contribution is -2.51. The van der Waals surface area contributed by atoms with Crippen molar-refractivity contribution >= 4 is 12.1 Å². The summed E-state index contributed by atoms with van der Waals surface area (Å²) in [4.78, 5) is 23.1. The first kappa shape index (κ1) is 32.4. The Morgan fingerprint density at radius 2 is 1.78 bits per heavy atom. The smallest absolute Gasteiger partial charge is 0.407 e. The molecule has 9 atom stereocenters. The predicted octanol–water partition coefficient (Wildman–Crippen LogP) is 8.13. The number of allylic oxidation sites excluding steroid dienone is 1. The summed E-state index contributed by atoms with van der Waals surface area (Å²) in [5, 5.41) is 21.4. The third kappa shape index (κ3) is 7.51. The van der Waals surface area contributed by atoms with Gasteiger partial charge in [0.15, 0.2) is 0 Å². The molecule has 6 nitrogen and oxygen atoms in total. The van der Waals surface area contributed by atoms with Gasteiger partial charge >= 0.3 is 12.1 Å². The van der Waals surface area contributed by atoms with Crippen LogP contribution >= 0.6 is 0 Å². The van der Waals surface area contributed by atoms with E-state index in [2.05, 4.69) is 46.0 Å². The zero-order valence-corrected chi connectivity index (χ0v) is 26.6. The average molecular weight is 574 g/mol. The van der Waals surface area contributed by atoms with Gasteiger partial charge in [0.1, 0.15) is 6.10 Å². The summed E-state index contributed by atoms with van der Waals surface area (Å²) >= 11 is 0. The van der Waals surface area contributed by atoms with Crippen LogP contribution in [0.15, 0.2) is 11.6 Å². The molecule has 0 heterocycles. The SMILES string of the molecule is CC(C)CCC[C@@H](C)[C@H]1CC[C@H]2[C@@H]3CC=C4C[C@@H](OC(=O)NCCCC(O)CCC(=O)O)CC[C@]4(C)[C@H]3CC[C@]12C. The second kappa shape index (κ2) is 13.8. The summed E-state index contributed by atoms with van der Waals surface area (Å²) in [5.41, 5.74) is 2.28. The van der Waals surface area contributed by atoms with Crippen molar-refractivity contribution in [2.75, 3.05) is 6.54 Å². The summed E-state index contributed by atoms with van der Waals surface area (Å²) in [6.07, 6.45) is 16.6. The largest absolute Gasteiger partial charge is 0.481 e. The number of hydrogen-bond donors (Lipinski definition) is 3. The molecule has 4 aliphatic rings. The van der Waals surface area contributed by atoms with Crippen LogP contribution in [0.2, 0.25) is 0 Å². The fourth-order valence-electron chi connectivity index (χ4n) is 9.91. The minimum atomic E-state index is -0.899. The number of carbonyl (C=O) groups excluding carboxylic acids is 1. The first-order valence-electron chi connectivity index (χ1n) is 17.0. The highest BCUT2D eigenvalue weighted by atomic mass is 16.6. The summed E-state index contributed by atoms with van der Waals surface area (Å²) in [6, 6.07) is 0.